The van der Waals surface area contributed by atoms with Crippen molar-refractivity contribution in [2.24, 2.45) is 0 Å². The summed E-state index contributed by atoms with van der Waals surface area (Å²) in [5.41, 5.74) is 3.47. The van der Waals surface area contributed by atoms with E-state index in [9.17, 15) is 9.59 Å². The molecule has 3 rings (SSSR count). The average molecular weight is 378 g/mol. The smallest absolute Gasteiger partial charge is 0.344 e. The van der Waals surface area contributed by atoms with E-state index in [2.05, 4.69) is 10.5 Å². The number of nitrogens with one attached hydrogen (secondary N) is 1. The van der Waals surface area contributed by atoms with Crippen molar-refractivity contribution in [3.05, 3.63) is 77.0 Å². The zero-order valence-corrected chi connectivity index (χ0v) is 16.1. The zero-order valence-electron chi connectivity index (χ0n) is 16.1. The molecule has 1 N–H and O–H groups in total. The van der Waals surface area contributed by atoms with Crippen LogP contribution in [0.25, 0.3) is 11.3 Å². The molecule has 144 valence electrons. The van der Waals surface area contributed by atoms with Gasteiger partial charge < -0.3 is 14.6 Å². The minimum absolute atomic E-state index is 0.190. The number of nitrogens with zero attached hydrogens (tertiary/aromatic N) is 1. The van der Waals surface area contributed by atoms with Crippen molar-refractivity contribution in [2.45, 2.75) is 26.8 Å². The van der Waals surface area contributed by atoms with Gasteiger partial charge in [-0.1, -0.05) is 59.8 Å². The van der Waals surface area contributed by atoms with Crippen LogP contribution in [0.15, 0.2) is 59.1 Å². The van der Waals surface area contributed by atoms with E-state index in [0.717, 1.165) is 16.7 Å². The second kappa shape index (κ2) is 8.52. The molecular weight excluding hydrogens is 356 g/mol. The molecule has 3 aromatic rings. The molecule has 1 heterocycles. The largest absolute Gasteiger partial charge is 0.452 e. The molecule has 2 aromatic carbocycles. The molecule has 0 saturated heterocycles. The van der Waals surface area contributed by atoms with Crippen LogP contribution in [0.2, 0.25) is 0 Å². The molecule has 0 radical (unpaired) electrons. The Hall–Kier alpha value is -3.41. The fourth-order valence-corrected chi connectivity index (χ4v) is 3.04. The predicted molar refractivity (Wildman–Crippen MR) is 105 cm³/mol. The number of carbonyl (C=O) groups is 2. The van der Waals surface area contributed by atoms with E-state index < -0.39 is 5.97 Å². The van der Waals surface area contributed by atoms with Crippen molar-refractivity contribution in [3.8, 4) is 11.3 Å². The summed E-state index contributed by atoms with van der Waals surface area (Å²) in [5.74, 6) is -0.673. The maximum atomic E-state index is 12.5. The topological polar surface area (TPSA) is 81.4 Å². The predicted octanol–water partition coefficient (Wildman–Crippen LogP) is 3.99. The van der Waals surface area contributed by atoms with Crippen molar-refractivity contribution in [1.29, 1.82) is 0 Å². The summed E-state index contributed by atoms with van der Waals surface area (Å²) >= 11 is 0. The third kappa shape index (κ3) is 4.28. The minimum Gasteiger partial charge on any atom is -0.452 e. The van der Waals surface area contributed by atoms with Crippen LogP contribution in [0.4, 0.5) is 0 Å². The SMILES string of the molecule is Cc1ccccc1C(C)NC(=O)COC(=O)c1c(-c2ccccc2)noc1C. The molecular formula is C22H22N2O4. The summed E-state index contributed by atoms with van der Waals surface area (Å²) in [6.07, 6.45) is 0. The molecule has 0 spiro atoms. The van der Waals surface area contributed by atoms with Crippen LogP contribution in [0.5, 0.6) is 0 Å². The number of aromatic nitrogens is 1. The van der Waals surface area contributed by atoms with E-state index in [1.807, 2.05) is 68.4 Å². The highest BCUT2D eigenvalue weighted by Crippen LogP contribution is 2.25. The first-order valence-electron chi connectivity index (χ1n) is 9.01. The van der Waals surface area contributed by atoms with E-state index in [0.29, 0.717) is 11.5 Å². The molecule has 1 unspecified atom stereocenters. The third-order valence-electron chi connectivity index (χ3n) is 4.48. The highest BCUT2D eigenvalue weighted by molar-refractivity contribution is 5.98. The lowest BCUT2D eigenvalue weighted by Gasteiger charge is -2.16. The minimum atomic E-state index is -0.642. The molecule has 6 heteroatoms. The van der Waals surface area contributed by atoms with E-state index in [1.165, 1.54) is 0 Å². The number of carbonyl (C=O) groups excluding carboxylic acids is 2. The lowest BCUT2D eigenvalue weighted by atomic mass is 10.0. The van der Waals surface area contributed by atoms with Gasteiger partial charge in [0.05, 0.1) is 6.04 Å². The number of benzene rings is 2. The second-order valence-electron chi connectivity index (χ2n) is 6.55. The van der Waals surface area contributed by atoms with E-state index >= 15 is 0 Å². The van der Waals surface area contributed by atoms with Gasteiger partial charge in [0.15, 0.2) is 6.61 Å². The fourth-order valence-electron chi connectivity index (χ4n) is 3.04. The van der Waals surface area contributed by atoms with Crippen LogP contribution in [-0.2, 0) is 9.53 Å². The van der Waals surface area contributed by atoms with Crippen LogP contribution in [0, 0.1) is 13.8 Å². The Kier molecular flexibility index (Phi) is 5.89. The lowest BCUT2D eigenvalue weighted by Crippen LogP contribution is -2.31. The first-order valence-corrected chi connectivity index (χ1v) is 9.01. The first kappa shape index (κ1) is 19.4. The van der Waals surface area contributed by atoms with Crippen molar-refractivity contribution in [2.75, 3.05) is 6.61 Å². The van der Waals surface area contributed by atoms with Crippen LogP contribution in [0.3, 0.4) is 0 Å². The number of hydrogen-bond acceptors (Lipinski definition) is 5. The highest BCUT2D eigenvalue weighted by Gasteiger charge is 2.24. The molecule has 0 fully saturated rings. The summed E-state index contributed by atoms with van der Waals surface area (Å²) in [5, 5.41) is 6.80. The highest BCUT2D eigenvalue weighted by atomic mass is 16.5. The van der Waals surface area contributed by atoms with Crippen molar-refractivity contribution in [1.82, 2.24) is 10.5 Å². The van der Waals surface area contributed by atoms with Crippen LogP contribution >= 0.6 is 0 Å². The fraction of sp³-hybridized carbons (Fsp3) is 0.227. The molecule has 1 aromatic heterocycles. The molecule has 28 heavy (non-hydrogen) atoms. The Morgan fingerprint density at radius 2 is 1.75 bits per heavy atom. The van der Waals surface area contributed by atoms with Gasteiger partial charge in [0.2, 0.25) is 0 Å². The summed E-state index contributed by atoms with van der Waals surface area (Å²) in [6.45, 7) is 5.13. The molecule has 0 aliphatic carbocycles. The molecule has 0 saturated carbocycles. The Bertz CT molecular complexity index is 979. The Morgan fingerprint density at radius 1 is 1.07 bits per heavy atom. The van der Waals surface area contributed by atoms with Crippen LogP contribution < -0.4 is 5.32 Å². The van der Waals surface area contributed by atoms with Gasteiger partial charge in [-0.25, -0.2) is 4.79 Å². The van der Waals surface area contributed by atoms with Gasteiger partial charge >= 0.3 is 5.97 Å². The normalized spacial score (nSPS) is 11.7. The van der Waals surface area contributed by atoms with Crippen molar-refractivity contribution in [3.63, 3.8) is 0 Å². The number of ether oxygens (including phenoxy) is 1. The number of hydrogen-bond donors (Lipinski definition) is 1. The van der Waals surface area contributed by atoms with Gasteiger partial charge in [-0.05, 0) is 31.9 Å². The van der Waals surface area contributed by atoms with Gasteiger partial charge in [0.1, 0.15) is 17.0 Å². The summed E-state index contributed by atoms with van der Waals surface area (Å²) < 4.78 is 10.4. The maximum Gasteiger partial charge on any atom is 0.344 e. The van der Waals surface area contributed by atoms with Crippen LogP contribution in [0.1, 0.15) is 40.2 Å². The first-order chi connectivity index (χ1) is 13.5. The number of esters is 1. The molecule has 0 bridgehead atoms. The van der Waals surface area contributed by atoms with Gasteiger partial charge in [-0.3, -0.25) is 4.79 Å². The van der Waals surface area contributed by atoms with E-state index in [4.69, 9.17) is 9.26 Å². The molecule has 1 atom stereocenters. The maximum absolute atomic E-state index is 12.5. The summed E-state index contributed by atoms with van der Waals surface area (Å²) in [4.78, 5) is 24.8. The van der Waals surface area contributed by atoms with Crippen LogP contribution in [-0.4, -0.2) is 23.6 Å². The summed E-state index contributed by atoms with van der Waals surface area (Å²) in [6, 6.07) is 16.8. The van der Waals surface area contributed by atoms with E-state index in [-0.39, 0.29) is 24.1 Å². The van der Waals surface area contributed by atoms with Gasteiger partial charge in [0.25, 0.3) is 5.91 Å². The standard InChI is InChI=1S/C22H22N2O4/c1-14-9-7-8-12-18(14)15(2)23-19(25)13-27-22(26)20-16(3)28-24-21(20)17-10-5-4-6-11-17/h4-12,15H,13H2,1-3H3,(H,23,25). The van der Waals surface area contributed by atoms with Gasteiger partial charge in [0, 0.05) is 5.56 Å². The number of aryl methyl sites for hydroxylation is 2. The molecule has 0 aliphatic heterocycles. The van der Waals surface area contributed by atoms with Gasteiger partial charge in [-0.15, -0.1) is 0 Å². The van der Waals surface area contributed by atoms with E-state index in [1.54, 1.807) is 6.92 Å². The Morgan fingerprint density at radius 3 is 2.46 bits per heavy atom. The summed E-state index contributed by atoms with van der Waals surface area (Å²) in [7, 11) is 0. The second-order valence-corrected chi connectivity index (χ2v) is 6.55. The zero-order chi connectivity index (χ0) is 20.1. The Labute approximate surface area is 163 Å². The quantitative estimate of drug-likeness (QED) is 0.656. The van der Waals surface area contributed by atoms with Crippen molar-refractivity contribution < 1.29 is 18.8 Å². The number of amides is 1. The monoisotopic (exact) mass is 378 g/mol. The number of rotatable bonds is 6. The van der Waals surface area contributed by atoms with Gasteiger partial charge in [-0.2, -0.15) is 0 Å². The molecule has 1 amide bonds. The average Bonchev–Trinajstić information content (AvgIpc) is 3.08. The lowest BCUT2D eigenvalue weighted by molar-refractivity contribution is -0.124. The molecule has 0 aliphatic rings. The third-order valence-corrected chi connectivity index (χ3v) is 4.48. The van der Waals surface area contributed by atoms with Crippen molar-refractivity contribution >= 4 is 11.9 Å². The molecule has 6 nitrogen and oxygen atoms in total. The Balaban J connectivity index is 1.64.